The molecule has 0 aliphatic carbocycles. The first-order valence-corrected chi connectivity index (χ1v) is 4.87. The van der Waals surface area contributed by atoms with Crippen LogP contribution in [-0.4, -0.2) is 13.7 Å². The van der Waals surface area contributed by atoms with Gasteiger partial charge < -0.3 is 10.1 Å². The Labute approximate surface area is 83.1 Å². The van der Waals surface area contributed by atoms with Crippen molar-refractivity contribution in [2.45, 2.75) is 19.0 Å². The molecule has 0 saturated heterocycles. The molecule has 14 heavy (non-hydrogen) atoms. The number of benzene rings is 1. The van der Waals surface area contributed by atoms with Crippen molar-refractivity contribution >= 4 is 5.69 Å². The maximum atomic E-state index is 13.7. The molecule has 1 aliphatic heterocycles. The predicted molar refractivity (Wildman–Crippen MR) is 54.6 cm³/mol. The summed E-state index contributed by atoms with van der Waals surface area (Å²) in [6, 6.07) is 5.51. The number of nitrogens with one attached hydrogen (secondary N) is 1. The number of hydrogen-bond donors (Lipinski definition) is 1. The molecule has 0 saturated carbocycles. The van der Waals surface area contributed by atoms with Crippen LogP contribution in [0.2, 0.25) is 0 Å². The standard InChI is InChI=1S/C11H14FNO/c1-14-8-4-5-11-9(7-8)10(12)3-2-6-13-11/h4-5,7,10,13H,2-3,6H2,1H3. The van der Waals surface area contributed by atoms with Gasteiger partial charge in [0, 0.05) is 17.8 Å². The van der Waals surface area contributed by atoms with Gasteiger partial charge in [-0.3, -0.25) is 0 Å². The Morgan fingerprint density at radius 1 is 1.50 bits per heavy atom. The second-order valence-electron chi connectivity index (χ2n) is 3.49. The smallest absolute Gasteiger partial charge is 0.127 e. The molecule has 0 bridgehead atoms. The number of anilines is 1. The van der Waals surface area contributed by atoms with Crippen molar-refractivity contribution in [1.29, 1.82) is 0 Å². The molecule has 3 heteroatoms. The summed E-state index contributed by atoms with van der Waals surface area (Å²) in [5.41, 5.74) is 1.62. The van der Waals surface area contributed by atoms with Gasteiger partial charge in [-0.25, -0.2) is 4.39 Å². The van der Waals surface area contributed by atoms with Crippen LogP contribution < -0.4 is 10.1 Å². The molecule has 0 fully saturated rings. The van der Waals surface area contributed by atoms with Crippen molar-refractivity contribution in [3.63, 3.8) is 0 Å². The highest BCUT2D eigenvalue weighted by Gasteiger charge is 2.17. The summed E-state index contributed by atoms with van der Waals surface area (Å²) in [7, 11) is 1.60. The van der Waals surface area contributed by atoms with Crippen LogP contribution in [0, 0.1) is 0 Å². The molecule has 2 rings (SSSR count). The van der Waals surface area contributed by atoms with Gasteiger partial charge in [-0.05, 0) is 31.0 Å². The van der Waals surface area contributed by atoms with E-state index in [2.05, 4.69) is 5.32 Å². The highest BCUT2D eigenvalue weighted by Crippen LogP contribution is 2.34. The predicted octanol–water partition coefficient (Wildman–Crippen LogP) is 2.91. The van der Waals surface area contributed by atoms with Gasteiger partial charge in [0.25, 0.3) is 0 Å². The fourth-order valence-corrected chi connectivity index (χ4v) is 1.75. The van der Waals surface area contributed by atoms with Crippen molar-refractivity contribution in [1.82, 2.24) is 0 Å². The third kappa shape index (κ3) is 1.67. The maximum Gasteiger partial charge on any atom is 0.127 e. The van der Waals surface area contributed by atoms with E-state index in [0.29, 0.717) is 6.42 Å². The number of halogens is 1. The SMILES string of the molecule is COc1ccc2c(c1)C(F)CCCN2. The van der Waals surface area contributed by atoms with Gasteiger partial charge in [0.2, 0.25) is 0 Å². The zero-order valence-corrected chi connectivity index (χ0v) is 8.22. The van der Waals surface area contributed by atoms with E-state index in [1.54, 1.807) is 13.2 Å². The van der Waals surface area contributed by atoms with E-state index in [9.17, 15) is 4.39 Å². The number of rotatable bonds is 1. The number of alkyl halides is 1. The lowest BCUT2D eigenvalue weighted by Gasteiger charge is -2.11. The molecular formula is C11H14FNO. The van der Waals surface area contributed by atoms with Crippen LogP contribution in [0.3, 0.4) is 0 Å². The first kappa shape index (κ1) is 9.31. The van der Waals surface area contributed by atoms with Crippen molar-refractivity contribution in [2.24, 2.45) is 0 Å². The third-order valence-corrected chi connectivity index (χ3v) is 2.55. The number of fused-ring (bicyclic) bond motifs is 1. The van der Waals surface area contributed by atoms with Crippen LogP contribution in [0.25, 0.3) is 0 Å². The Hall–Kier alpha value is -1.25. The van der Waals surface area contributed by atoms with E-state index in [1.807, 2.05) is 12.1 Å². The first-order valence-electron chi connectivity index (χ1n) is 4.87. The lowest BCUT2D eigenvalue weighted by Crippen LogP contribution is -1.99. The molecule has 1 N–H and O–H groups in total. The number of methoxy groups -OCH3 is 1. The van der Waals surface area contributed by atoms with Crippen LogP contribution in [0.4, 0.5) is 10.1 Å². The molecule has 1 aliphatic rings. The minimum atomic E-state index is -0.866. The lowest BCUT2D eigenvalue weighted by atomic mass is 10.1. The third-order valence-electron chi connectivity index (χ3n) is 2.55. The zero-order valence-electron chi connectivity index (χ0n) is 8.22. The largest absolute Gasteiger partial charge is 0.497 e. The molecular weight excluding hydrogens is 181 g/mol. The second kappa shape index (κ2) is 3.86. The lowest BCUT2D eigenvalue weighted by molar-refractivity contribution is 0.322. The van der Waals surface area contributed by atoms with Crippen molar-refractivity contribution in [3.05, 3.63) is 23.8 Å². The molecule has 0 radical (unpaired) electrons. The molecule has 1 aromatic rings. The van der Waals surface area contributed by atoms with Crippen LogP contribution in [0.15, 0.2) is 18.2 Å². The van der Waals surface area contributed by atoms with Crippen LogP contribution in [0.1, 0.15) is 24.6 Å². The van der Waals surface area contributed by atoms with Gasteiger partial charge in [0.15, 0.2) is 0 Å². The summed E-state index contributed by atoms with van der Waals surface area (Å²) in [6.45, 7) is 0.847. The first-order chi connectivity index (χ1) is 6.81. The van der Waals surface area contributed by atoms with E-state index in [1.165, 1.54) is 0 Å². The fraction of sp³-hybridized carbons (Fsp3) is 0.455. The molecule has 1 unspecified atom stereocenters. The topological polar surface area (TPSA) is 21.3 Å². The zero-order chi connectivity index (χ0) is 9.97. The monoisotopic (exact) mass is 195 g/mol. The van der Waals surface area contributed by atoms with Crippen molar-refractivity contribution in [2.75, 3.05) is 19.0 Å². The summed E-state index contributed by atoms with van der Waals surface area (Å²) in [6.07, 6.45) is 0.598. The average Bonchev–Trinajstić information content (AvgIpc) is 2.40. The van der Waals surface area contributed by atoms with Crippen molar-refractivity contribution < 1.29 is 9.13 Å². The second-order valence-corrected chi connectivity index (χ2v) is 3.49. The van der Waals surface area contributed by atoms with Gasteiger partial charge in [-0.15, -0.1) is 0 Å². The summed E-state index contributed by atoms with van der Waals surface area (Å²) in [4.78, 5) is 0. The summed E-state index contributed by atoms with van der Waals surface area (Å²) < 4.78 is 18.7. The highest BCUT2D eigenvalue weighted by molar-refractivity contribution is 5.55. The molecule has 1 heterocycles. The normalized spacial score (nSPS) is 20.6. The van der Waals surface area contributed by atoms with E-state index < -0.39 is 6.17 Å². The fourth-order valence-electron chi connectivity index (χ4n) is 1.75. The highest BCUT2D eigenvalue weighted by atomic mass is 19.1. The van der Waals surface area contributed by atoms with E-state index in [0.717, 1.165) is 30.0 Å². The molecule has 0 aromatic heterocycles. The summed E-state index contributed by atoms with van der Waals surface area (Å²) >= 11 is 0. The number of ether oxygens (including phenoxy) is 1. The Morgan fingerprint density at radius 2 is 2.36 bits per heavy atom. The Kier molecular flexibility index (Phi) is 2.57. The summed E-state index contributed by atoms with van der Waals surface area (Å²) in [5.74, 6) is 0.718. The quantitative estimate of drug-likeness (QED) is 0.744. The van der Waals surface area contributed by atoms with E-state index >= 15 is 0 Å². The Balaban J connectivity index is 2.39. The summed E-state index contributed by atoms with van der Waals surface area (Å²) in [5, 5.41) is 3.21. The van der Waals surface area contributed by atoms with E-state index in [-0.39, 0.29) is 0 Å². The molecule has 2 nitrogen and oxygen atoms in total. The Morgan fingerprint density at radius 3 is 3.14 bits per heavy atom. The minimum Gasteiger partial charge on any atom is -0.497 e. The van der Waals surface area contributed by atoms with Gasteiger partial charge in [-0.1, -0.05) is 0 Å². The maximum absolute atomic E-state index is 13.7. The molecule has 1 atom stereocenters. The van der Waals surface area contributed by atoms with Crippen LogP contribution in [0.5, 0.6) is 5.75 Å². The van der Waals surface area contributed by atoms with E-state index in [4.69, 9.17) is 4.74 Å². The van der Waals surface area contributed by atoms with Crippen LogP contribution >= 0.6 is 0 Å². The molecule has 0 amide bonds. The van der Waals surface area contributed by atoms with Crippen molar-refractivity contribution in [3.8, 4) is 5.75 Å². The van der Waals surface area contributed by atoms with Gasteiger partial charge in [0.1, 0.15) is 11.9 Å². The number of hydrogen-bond acceptors (Lipinski definition) is 2. The van der Waals surface area contributed by atoms with Gasteiger partial charge >= 0.3 is 0 Å². The molecule has 76 valence electrons. The van der Waals surface area contributed by atoms with Crippen LogP contribution in [-0.2, 0) is 0 Å². The Bertz CT molecular complexity index is 327. The van der Waals surface area contributed by atoms with Gasteiger partial charge in [-0.2, -0.15) is 0 Å². The average molecular weight is 195 g/mol. The molecule has 0 spiro atoms. The van der Waals surface area contributed by atoms with Gasteiger partial charge in [0.05, 0.1) is 7.11 Å². The molecule has 1 aromatic carbocycles. The minimum absolute atomic E-state index is 0.590.